The minimum absolute atomic E-state index is 0.583. The molecular formula is C19H20ClN3O. The van der Waals surface area contributed by atoms with E-state index in [1.807, 2.05) is 79.6 Å². The second kappa shape index (κ2) is 7.51. The third-order valence-corrected chi connectivity index (χ3v) is 3.89. The molecule has 0 radical (unpaired) electrons. The Morgan fingerprint density at radius 1 is 1.04 bits per heavy atom. The van der Waals surface area contributed by atoms with Crippen molar-refractivity contribution in [3.05, 3.63) is 65.8 Å². The van der Waals surface area contributed by atoms with Crippen molar-refractivity contribution < 1.29 is 4.74 Å². The number of ether oxygens (including phenoxy) is 1. The molecule has 1 aromatic heterocycles. The number of nitrogens with zero attached hydrogens (tertiary/aromatic N) is 3. The number of rotatable bonds is 6. The van der Waals surface area contributed by atoms with Crippen LogP contribution in [0.25, 0.3) is 16.8 Å². The van der Waals surface area contributed by atoms with E-state index in [2.05, 4.69) is 10.00 Å². The summed E-state index contributed by atoms with van der Waals surface area (Å²) >= 11 is 6.00. The maximum Gasteiger partial charge on any atom is 0.241 e. The lowest BCUT2D eigenvalue weighted by molar-refractivity contribution is 0.253. The molecule has 0 spiro atoms. The van der Waals surface area contributed by atoms with Gasteiger partial charge in [0.2, 0.25) is 5.88 Å². The van der Waals surface area contributed by atoms with Crippen molar-refractivity contribution in [1.29, 1.82) is 0 Å². The van der Waals surface area contributed by atoms with Gasteiger partial charge < -0.3 is 9.64 Å². The molecular weight excluding hydrogens is 322 g/mol. The predicted octanol–water partition coefficient (Wildman–Crippen LogP) is 4.13. The molecule has 0 saturated carbocycles. The number of hydrogen-bond donors (Lipinski definition) is 0. The fraction of sp³-hybridized carbons (Fsp3) is 0.211. The van der Waals surface area contributed by atoms with Crippen LogP contribution in [0.5, 0.6) is 5.88 Å². The number of likely N-dealkylation sites (N-methyl/N-ethyl adjacent to an activating group) is 1. The van der Waals surface area contributed by atoms with E-state index >= 15 is 0 Å². The standard InChI is InChI=1S/C19H20ClN3O/c1-22(2)12-13-24-19-18(15-8-10-16(20)11-9-15)14-23(21-19)17-6-4-3-5-7-17/h3-11,14H,12-13H2,1-2H3. The van der Waals surface area contributed by atoms with Crippen LogP contribution in [-0.4, -0.2) is 41.9 Å². The first kappa shape index (κ1) is 16.6. The van der Waals surface area contributed by atoms with Gasteiger partial charge in [-0.15, -0.1) is 5.10 Å². The highest BCUT2D eigenvalue weighted by Crippen LogP contribution is 2.31. The SMILES string of the molecule is CN(C)CCOc1nn(-c2ccccc2)cc1-c1ccc(Cl)cc1. The molecule has 24 heavy (non-hydrogen) atoms. The molecule has 0 atom stereocenters. The van der Waals surface area contributed by atoms with E-state index in [1.165, 1.54) is 0 Å². The van der Waals surface area contributed by atoms with E-state index in [1.54, 1.807) is 0 Å². The minimum atomic E-state index is 0.583. The molecule has 5 heteroatoms. The van der Waals surface area contributed by atoms with E-state index in [0.717, 1.165) is 23.4 Å². The molecule has 0 aliphatic rings. The molecule has 0 aliphatic carbocycles. The fourth-order valence-corrected chi connectivity index (χ4v) is 2.46. The van der Waals surface area contributed by atoms with Gasteiger partial charge in [0.1, 0.15) is 6.61 Å². The highest BCUT2D eigenvalue weighted by Gasteiger charge is 2.13. The van der Waals surface area contributed by atoms with Gasteiger partial charge in [0.15, 0.2) is 0 Å². The monoisotopic (exact) mass is 341 g/mol. The van der Waals surface area contributed by atoms with Crippen LogP contribution in [0, 0.1) is 0 Å². The van der Waals surface area contributed by atoms with Crippen molar-refractivity contribution >= 4 is 11.6 Å². The van der Waals surface area contributed by atoms with Crippen molar-refractivity contribution in [2.75, 3.05) is 27.2 Å². The summed E-state index contributed by atoms with van der Waals surface area (Å²) in [5.41, 5.74) is 2.98. The molecule has 0 N–H and O–H groups in total. The van der Waals surface area contributed by atoms with E-state index < -0.39 is 0 Å². The first-order valence-corrected chi connectivity index (χ1v) is 8.20. The molecule has 0 aliphatic heterocycles. The van der Waals surface area contributed by atoms with Gasteiger partial charge in [-0.05, 0) is 43.9 Å². The number of para-hydroxylation sites is 1. The van der Waals surface area contributed by atoms with Gasteiger partial charge in [0.05, 0.1) is 11.3 Å². The highest BCUT2D eigenvalue weighted by molar-refractivity contribution is 6.30. The smallest absolute Gasteiger partial charge is 0.241 e. The van der Waals surface area contributed by atoms with E-state index in [9.17, 15) is 0 Å². The van der Waals surface area contributed by atoms with Crippen LogP contribution in [0.3, 0.4) is 0 Å². The zero-order chi connectivity index (χ0) is 16.9. The van der Waals surface area contributed by atoms with Gasteiger partial charge in [-0.25, -0.2) is 4.68 Å². The number of aromatic nitrogens is 2. The molecule has 3 aromatic rings. The van der Waals surface area contributed by atoms with Crippen LogP contribution in [0.4, 0.5) is 0 Å². The molecule has 0 unspecified atom stereocenters. The Hall–Kier alpha value is -2.30. The minimum Gasteiger partial charge on any atom is -0.475 e. The van der Waals surface area contributed by atoms with Crippen LogP contribution < -0.4 is 4.74 Å². The largest absolute Gasteiger partial charge is 0.475 e. The van der Waals surface area contributed by atoms with E-state index in [4.69, 9.17) is 16.3 Å². The number of hydrogen-bond acceptors (Lipinski definition) is 3. The summed E-state index contributed by atoms with van der Waals surface area (Å²) in [5.74, 6) is 0.628. The molecule has 4 nitrogen and oxygen atoms in total. The van der Waals surface area contributed by atoms with Crippen molar-refractivity contribution in [2.45, 2.75) is 0 Å². The topological polar surface area (TPSA) is 30.3 Å². The van der Waals surface area contributed by atoms with Gasteiger partial charge in [0, 0.05) is 17.8 Å². The summed E-state index contributed by atoms with van der Waals surface area (Å²) in [4.78, 5) is 2.08. The average Bonchev–Trinajstić information content (AvgIpc) is 3.00. The maximum atomic E-state index is 6.00. The summed E-state index contributed by atoms with van der Waals surface area (Å²) in [5, 5.41) is 5.33. The zero-order valence-corrected chi connectivity index (χ0v) is 14.6. The third-order valence-electron chi connectivity index (χ3n) is 3.63. The first-order valence-electron chi connectivity index (χ1n) is 7.82. The van der Waals surface area contributed by atoms with Crippen molar-refractivity contribution in [2.24, 2.45) is 0 Å². The van der Waals surface area contributed by atoms with Gasteiger partial charge in [-0.2, -0.15) is 0 Å². The molecule has 0 saturated heterocycles. The second-order valence-corrected chi connectivity index (χ2v) is 6.22. The molecule has 1 heterocycles. The predicted molar refractivity (Wildman–Crippen MR) is 98.1 cm³/mol. The molecule has 0 amide bonds. The lowest BCUT2D eigenvalue weighted by Gasteiger charge is -2.10. The van der Waals surface area contributed by atoms with Crippen molar-refractivity contribution in [1.82, 2.24) is 14.7 Å². The quantitative estimate of drug-likeness (QED) is 0.675. The lowest BCUT2D eigenvalue weighted by atomic mass is 10.1. The maximum absolute atomic E-state index is 6.00. The van der Waals surface area contributed by atoms with E-state index in [0.29, 0.717) is 17.5 Å². The van der Waals surface area contributed by atoms with Crippen LogP contribution in [0.2, 0.25) is 5.02 Å². The summed E-state index contributed by atoms with van der Waals surface area (Å²) in [6.07, 6.45) is 1.99. The van der Waals surface area contributed by atoms with Gasteiger partial charge >= 0.3 is 0 Å². The summed E-state index contributed by atoms with van der Waals surface area (Å²) in [6, 6.07) is 17.7. The van der Waals surface area contributed by atoms with Gasteiger partial charge in [-0.1, -0.05) is 41.9 Å². The fourth-order valence-electron chi connectivity index (χ4n) is 2.33. The molecule has 3 rings (SSSR count). The van der Waals surface area contributed by atoms with Crippen molar-refractivity contribution in [3.8, 4) is 22.7 Å². The van der Waals surface area contributed by atoms with Crippen LogP contribution >= 0.6 is 11.6 Å². The van der Waals surface area contributed by atoms with Crippen molar-refractivity contribution in [3.63, 3.8) is 0 Å². The molecule has 0 fully saturated rings. The Kier molecular flexibility index (Phi) is 5.18. The van der Waals surface area contributed by atoms with Crippen LogP contribution in [-0.2, 0) is 0 Å². The molecule has 2 aromatic carbocycles. The molecule has 124 valence electrons. The summed E-state index contributed by atoms with van der Waals surface area (Å²) in [6.45, 7) is 1.41. The van der Waals surface area contributed by atoms with Crippen LogP contribution in [0.1, 0.15) is 0 Å². The number of benzene rings is 2. The third kappa shape index (κ3) is 3.96. The Morgan fingerprint density at radius 3 is 2.42 bits per heavy atom. The summed E-state index contributed by atoms with van der Waals surface area (Å²) < 4.78 is 7.77. The van der Waals surface area contributed by atoms with E-state index in [-0.39, 0.29) is 0 Å². The lowest BCUT2D eigenvalue weighted by Crippen LogP contribution is -2.19. The Labute approximate surface area is 147 Å². The highest BCUT2D eigenvalue weighted by atomic mass is 35.5. The molecule has 0 bridgehead atoms. The van der Waals surface area contributed by atoms with Gasteiger partial charge in [-0.3, -0.25) is 0 Å². The Morgan fingerprint density at radius 2 is 1.75 bits per heavy atom. The zero-order valence-electron chi connectivity index (χ0n) is 13.8. The second-order valence-electron chi connectivity index (χ2n) is 5.79. The van der Waals surface area contributed by atoms with Crippen LogP contribution in [0.15, 0.2) is 60.8 Å². The summed E-state index contributed by atoms with van der Waals surface area (Å²) in [7, 11) is 4.04. The number of halogens is 1. The van der Waals surface area contributed by atoms with Gasteiger partial charge in [0.25, 0.3) is 0 Å². The first-order chi connectivity index (χ1) is 11.6. The Bertz CT molecular complexity index is 782. The normalized spacial score (nSPS) is 11.0. The average molecular weight is 342 g/mol. The Balaban J connectivity index is 1.95.